The summed E-state index contributed by atoms with van der Waals surface area (Å²) < 4.78 is 6.17. The third-order valence-corrected chi connectivity index (χ3v) is 5.25. The molecule has 1 aliphatic heterocycles. The fourth-order valence-electron chi connectivity index (χ4n) is 3.99. The second-order valence-corrected chi connectivity index (χ2v) is 6.36. The summed E-state index contributed by atoms with van der Waals surface area (Å²) in [6.45, 7) is 4.69. The fourth-order valence-corrected chi connectivity index (χ4v) is 3.99. The molecule has 1 heterocycles. The second-order valence-electron chi connectivity index (χ2n) is 6.36. The number of hydrogen-bond donors (Lipinski definition) is 1. The molecule has 108 valence electrons. The molecule has 0 bridgehead atoms. The van der Waals surface area contributed by atoms with Crippen molar-refractivity contribution in [1.82, 2.24) is 0 Å². The molecule has 3 nitrogen and oxygen atoms in total. The number of rotatable bonds is 2. The molecule has 2 aliphatic rings. The average Bonchev–Trinajstić information content (AvgIpc) is 2.79. The van der Waals surface area contributed by atoms with E-state index < -0.39 is 5.97 Å². The number of hydrogen-bond acceptors (Lipinski definition) is 2. The molecule has 3 rings (SSSR count). The highest BCUT2D eigenvalue weighted by molar-refractivity contribution is 5.69. The predicted octanol–water partition coefficient (Wildman–Crippen LogP) is 3.63. The lowest BCUT2D eigenvalue weighted by molar-refractivity contribution is -0.145. The highest BCUT2D eigenvalue weighted by Gasteiger charge is 2.45. The smallest absolute Gasteiger partial charge is 0.306 e. The first-order valence-electron chi connectivity index (χ1n) is 7.49. The van der Waals surface area contributed by atoms with E-state index in [1.807, 2.05) is 6.92 Å². The Kier molecular flexibility index (Phi) is 3.33. The zero-order valence-corrected chi connectivity index (χ0v) is 12.2. The van der Waals surface area contributed by atoms with Gasteiger partial charge in [-0.25, -0.2) is 0 Å². The molecule has 1 N–H and O–H groups in total. The Balaban J connectivity index is 1.81. The first-order valence-corrected chi connectivity index (χ1v) is 7.49. The van der Waals surface area contributed by atoms with Gasteiger partial charge in [-0.05, 0) is 55.2 Å². The van der Waals surface area contributed by atoms with Crippen molar-refractivity contribution < 1.29 is 14.6 Å². The number of carboxylic acids is 1. The molecule has 1 unspecified atom stereocenters. The van der Waals surface area contributed by atoms with Crippen LogP contribution in [0.1, 0.15) is 49.3 Å². The van der Waals surface area contributed by atoms with Gasteiger partial charge in [0, 0.05) is 0 Å². The second kappa shape index (κ2) is 4.88. The minimum atomic E-state index is -0.671. The molecule has 20 heavy (non-hydrogen) atoms. The van der Waals surface area contributed by atoms with Crippen LogP contribution in [0.5, 0.6) is 0 Å². The van der Waals surface area contributed by atoms with Crippen molar-refractivity contribution in [2.24, 2.45) is 11.8 Å². The van der Waals surface area contributed by atoms with Gasteiger partial charge in [-0.15, -0.1) is 0 Å². The van der Waals surface area contributed by atoms with Gasteiger partial charge in [0.2, 0.25) is 0 Å². The summed E-state index contributed by atoms with van der Waals surface area (Å²) in [5, 5.41) is 9.16. The van der Waals surface area contributed by atoms with Crippen molar-refractivity contribution in [3.05, 3.63) is 34.9 Å². The van der Waals surface area contributed by atoms with Crippen LogP contribution < -0.4 is 0 Å². The topological polar surface area (TPSA) is 46.5 Å². The molecular formula is C17H22O3. The van der Waals surface area contributed by atoms with Gasteiger partial charge in [-0.2, -0.15) is 0 Å². The number of ether oxygens (including phenoxy) is 1. The number of aliphatic carboxylic acids is 1. The van der Waals surface area contributed by atoms with Crippen LogP contribution in [0.4, 0.5) is 0 Å². The van der Waals surface area contributed by atoms with E-state index in [1.54, 1.807) is 0 Å². The van der Waals surface area contributed by atoms with Crippen molar-refractivity contribution in [3.63, 3.8) is 0 Å². The van der Waals surface area contributed by atoms with E-state index in [0.717, 1.165) is 25.7 Å². The average molecular weight is 274 g/mol. The van der Waals surface area contributed by atoms with Gasteiger partial charge < -0.3 is 9.84 Å². The van der Waals surface area contributed by atoms with Gasteiger partial charge in [-0.3, -0.25) is 4.79 Å². The predicted molar refractivity (Wildman–Crippen MR) is 76.4 cm³/mol. The lowest BCUT2D eigenvalue weighted by Gasteiger charge is -2.39. The molecule has 0 aromatic heterocycles. The Morgan fingerprint density at radius 1 is 1.40 bits per heavy atom. The Morgan fingerprint density at radius 3 is 2.75 bits per heavy atom. The molecular weight excluding hydrogens is 252 g/mol. The summed E-state index contributed by atoms with van der Waals surface area (Å²) in [4.78, 5) is 11.1. The summed E-state index contributed by atoms with van der Waals surface area (Å²) in [5.74, 6) is -0.630. The SMILES string of the molecule is Cc1cccc2c1[C@]1(CC[C@@H](C(C)C(=O)O)CC1)OC2. The molecule has 3 heteroatoms. The van der Waals surface area contributed by atoms with Crippen molar-refractivity contribution in [2.75, 3.05) is 0 Å². The van der Waals surface area contributed by atoms with Gasteiger partial charge in [0.15, 0.2) is 0 Å². The zero-order valence-electron chi connectivity index (χ0n) is 12.2. The first-order chi connectivity index (χ1) is 9.53. The van der Waals surface area contributed by atoms with Crippen LogP contribution in [0.15, 0.2) is 18.2 Å². The Hall–Kier alpha value is -1.35. The molecule has 1 spiro atoms. The van der Waals surface area contributed by atoms with Crippen molar-refractivity contribution in [2.45, 2.75) is 51.7 Å². The normalized spacial score (nSPS) is 30.2. The maximum absolute atomic E-state index is 11.1. The van der Waals surface area contributed by atoms with Crippen molar-refractivity contribution in [1.29, 1.82) is 0 Å². The molecule has 1 aliphatic carbocycles. The molecule has 1 aromatic carbocycles. The Morgan fingerprint density at radius 2 is 2.10 bits per heavy atom. The first kappa shape index (κ1) is 13.6. The van der Waals surface area contributed by atoms with E-state index in [0.29, 0.717) is 6.61 Å². The van der Waals surface area contributed by atoms with E-state index in [9.17, 15) is 4.79 Å². The lowest BCUT2D eigenvalue weighted by Crippen LogP contribution is -2.35. The molecule has 1 fully saturated rings. The minimum absolute atomic E-state index is 0.143. The van der Waals surface area contributed by atoms with Crippen LogP contribution in [-0.2, 0) is 21.7 Å². The number of carboxylic acid groups (broad SMARTS) is 1. The quantitative estimate of drug-likeness (QED) is 0.895. The zero-order chi connectivity index (χ0) is 14.3. The van der Waals surface area contributed by atoms with Crippen LogP contribution in [0, 0.1) is 18.8 Å². The largest absolute Gasteiger partial charge is 0.481 e. The summed E-state index contributed by atoms with van der Waals surface area (Å²) in [7, 11) is 0. The highest BCUT2D eigenvalue weighted by Crippen LogP contribution is 2.50. The van der Waals surface area contributed by atoms with Crippen LogP contribution >= 0.6 is 0 Å². The van der Waals surface area contributed by atoms with Crippen LogP contribution in [0.2, 0.25) is 0 Å². The number of benzene rings is 1. The molecule has 1 aromatic rings. The van der Waals surface area contributed by atoms with E-state index >= 15 is 0 Å². The van der Waals surface area contributed by atoms with E-state index in [2.05, 4.69) is 25.1 Å². The minimum Gasteiger partial charge on any atom is -0.481 e. The van der Waals surface area contributed by atoms with E-state index in [-0.39, 0.29) is 17.4 Å². The van der Waals surface area contributed by atoms with E-state index in [1.165, 1.54) is 16.7 Å². The van der Waals surface area contributed by atoms with Gasteiger partial charge >= 0.3 is 5.97 Å². The Labute approximate surface area is 120 Å². The molecule has 0 saturated heterocycles. The van der Waals surface area contributed by atoms with Gasteiger partial charge in [0.25, 0.3) is 0 Å². The van der Waals surface area contributed by atoms with Gasteiger partial charge in [-0.1, -0.05) is 25.1 Å². The van der Waals surface area contributed by atoms with Crippen molar-refractivity contribution in [3.8, 4) is 0 Å². The summed E-state index contributed by atoms with van der Waals surface area (Å²) in [5.41, 5.74) is 3.86. The number of aryl methyl sites for hydroxylation is 1. The van der Waals surface area contributed by atoms with Crippen molar-refractivity contribution >= 4 is 5.97 Å². The van der Waals surface area contributed by atoms with Gasteiger partial charge in [0.05, 0.1) is 18.1 Å². The standard InChI is InChI=1S/C17H22O3/c1-11-4-3-5-14-10-20-17(15(11)14)8-6-13(7-9-17)12(2)16(18)19/h3-5,12-13H,6-10H2,1-2H3,(H,18,19)/t12?,13-,17-. The maximum Gasteiger partial charge on any atom is 0.306 e. The monoisotopic (exact) mass is 274 g/mol. The number of fused-ring (bicyclic) bond motifs is 2. The summed E-state index contributed by atoms with van der Waals surface area (Å²) >= 11 is 0. The summed E-state index contributed by atoms with van der Waals surface area (Å²) in [6.07, 6.45) is 3.79. The molecule has 1 saturated carbocycles. The van der Waals surface area contributed by atoms with Gasteiger partial charge in [0.1, 0.15) is 0 Å². The molecule has 1 atom stereocenters. The maximum atomic E-state index is 11.1. The summed E-state index contributed by atoms with van der Waals surface area (Å²) in [6, 6.07) is 6.40. The highest BCUT2D eigenvalue weighted by atomic mass is 16.5. The lowest BCUT2D eigenvalue weighted by atomic mass is 9.70. The van der Waals surface area contributed by atoms with E-state index in [4.69, 9.17) is 9.84 Å². The van der Waals surface area contributed by atoms with Crippen LogP contribution in [-0.4, -0.2) is 11.1 Å². The molecule has 0 radical (unpaired) electrons. The van der Waals surface area contributed by atoms with Crippen LogP contribution in [0.3, 0.4) is 0 Å². The number of carbonyl (C=O) groups is 1. The third kappa shape index (κ3) is 2.05. The Bertz CT molecular complexity index is 527. The fraction of sp³-hybridized carbons (Fsp3) is 0.588. The molecule has 0 amide bonds. The third-order valence-electron chi connectivity index (χ3n) is 5.25. The van der Waals surface area contributed by atoms with Crippen LogP contribution in [0.25, 0.3) is 0 Å².